The summed E-state index contributed by atoms with van der Waals surface area (Å²) >= 11 is 0. The number of fused-ring (bicyclic) bond motifs is 1. The van der Waals surface area contributed by atoms with Crippen molar-refractivity contribution in [3.05, 3.63) is 52.1 Å². The average Bonchev–Trinajstić information content (AvgIpc) is 3.08. The molecule has 0 saturated carbocycles. The highest BCUT2D eigenvalue weighted by atomic mass is 15.2. The van der Waals surface area contributed by atoms with Gasteiger partial charge in [-0.3, -0.25) is 0 Å². The Balaban J connectivity index is 0. The zero-order valence-corrected chi connectivity index (χ0v) is 23.9. The number of aromatic nitrogens is 2. The Kier molecular flexibility index (Phi) is 15.6. The van der Waals surface area contributed by atoms with Gasteiger partial charge in [-0.25, -0.2) is 9.97 Å². The summed E-state index contributed by atoms with van der Waals surface area (Å²) in [4.78, 5) is 11.4. The third kappa shape index (κ3) is 6.43. The molecule has 182 valence electrons. The first kappa shape index (κ1) is 32.0. The SMILES string of the molecule is CC.CC.CC.CC.CCN1c2c(C)c(C)c(C)c(C)c2/C(=C\c2ncccn2)C1(C)C. The molecule has 32 heavy (non-hydrogen) atoms. The Morgan fingerprint density at radius 1 is 0.750 bits per heavy atom. The highest BCUT2D eigenvalue weighted by Gasteiger charge is 2.42. The second-order valence-corrected chi connectivity index (χ2v) is 7.19. The van der Waals surface area contributed by atoms with Gasteiger partial charge in [0, 0.05) is 30.2 Å². The number of hydrogen-bond donors (Lipinski definition) is 0. The van der Waals surface area contributed by atoms with E-state index in [2.05, 4.69) is 69.4 Å². The summed E-state index contributed by atoms with van der Waals surface area (Å²) in [6.45, 7) is 32.8. The number of rotatable bonds is 2. The maximum atomic E-state index is 4.42. The first-order chi connectivity index (χ1) is 15.3. The van der Waals surface area contributed by atoms with Crippen molar-refractivity contribution in [3.8, 4) is 0 Å². The van der Waals surface area contributed by atoms with Crippen LogP contribution in [0.5, 0.6) is 0 Å². The molecule has 0 spiro atoms. The molecule has 0 saturated heterocycles. The number of likely N-dealkylation sites (N-methyl/N-ethyl adjacent to an activating group) is 1. The van der Waals surface area contributed by atoms with Crippen LogP contribution in [-0.2, 0) is 0 Å². The monoisotopic (exact) mass is 441 g/mol. The minimum absolute atomic E-state index is 0.0773. The highest BCUT2D eigenvalue weighted by Crippen LogP contribution is 2.51. The maximum absolute atomic E-state index is 4.42. The molecule has 1 aromatic heterocycles. The Morgan fingerprint density at radius 2 is 1.19 bits per heavy atom. The van der Waals surface area contributed by atoms with Gasteiger partial charge in [0.2, 0.25) is 0 Å². The molecule has 0 bridgehead atoms. The molecule has 0 unspecified atom stereocenters. The second kappa shape index (κ2) is 15.6. The van der Waals surface area contributed by atoms with Gasteiger partial charge < -0.3 is 4.90 Å². The van der Waals surface area contributed by atoms with Crippen LogP contribution < -0.4 is 4.90 Å². The number of anilines is 1. The van der Waals surface area contributed by atoms with E-state index in [-0.39, 0.29) is 5.54 Å². The minimum Gasteiger partial charge on any atom is -0.362 e. The van der Waals surface area contributed by atoms with Gasteiger partial charge in [-0.1, -0.05) is 55.4 Å². The molecule has 1 aliphatic rings. The molecule has 1 aliphatic heterocycles. The van der Waals surface area contributed by atoms with E-state index in [9.17, 15) is 0 Å². The lowest BCUT2D eigenvalue weighted by Crippen LogP contribution is -2.40. The van der Waals surface area contributed by atoms with E-state index in [1.165, 1.54) is 39.1 Å². The van der Waals surface area contributed by atoms with Crippen LogP contribution in [0.2, 0.25) is 0 Å². The van der Waals surface area contributed by atoms with Gasteiger partial charge in [0.15, 0.2) is 5.82 Å². The summed E-state index contributed by atoms with van der Waals surface area (Å²) in [5, 5.41) is 0. The Labute approximate surface area is 200 Å². The molecule has 0 amide bonds. The van der Waals surface area contributed by atoms with Crippen LogP contribution in [0.4, 0.5) is 5.69 Å². The van der Waals surface area contributed by atoms with Crippen molar-refractivity contribution in [2.75, 3.05) is 11.4 Å². The van der Waals surface area contributed by atoms with Gasteiger partial charge >= 0.3 is 0 Å². The molecule has 2 heterocycles. The third-order valence-corrected chi connectivity index (χ3v) is 5.70. The molecule has 0 atom stereocenters. The zero-order chi connectivity index (χ0) is 25.6. The molecule has 3 heteroatoms. The number of benzene rings is 1. The normalized spacial score (nSPS) is 13.8. The lowest BCUT2D eigenvalue weighted by atomic mass is 9.86. The van der Waals surface area contributed by atoms with Crippen LogP contribution in [-0.4, -0.2) is 22.1 Å². The highest BCUT2D eigenvalue weighted by molar-refractivity contribution is 6.00. The molecule has 3 nitrogen and oxygen atoms in total. The predicted molar refractivity (Wildman–Crippen MR) is 148 cm³/mol. The summed E-state index contributed by atoms with van der Waals surface area (Å²) in [5.74, 6) is 0.778. The molecular weight excluding hydrogens is 390 g/mol. The van der Waals surface area contributed by atoms with E-state index in [1.807, 2.05) is 61.5 Å². The topological polar surface area (TPSA) is 29.0 Å². The van der Waals surface area contributed by atoms with Gasteiger partial charge in [-0.05, 0) is 88.4 Å². The molecule has 3 rings (SSSR count). The summed E-state index contributed by atoms with van der Waals surface area (Å²) in [6, 6.07) is 1.86. The van der Waals surface area contributed by atoms with Crippen molar-refractivity contribution in [1.29, 1.82) is 0 Å². The molecule has 1 aromatic carbocycles. The van der Waals surface area contributed by atoms with E-state index >= 15 is 0 Å². The van der Waals surface area contributed by atoms with E-state index in [4.69, 9.17) is 0 Å². The number of nitrogens with zero attached hydrogens (tertiary/aromatic N) is 3. The van der Waals surface area contributed by atoms with Gasteiger partial charge in [0.25, 0.3) is 0 Å². The summed E-state index contributed by atoms with van der Waals surface area (Å²) in [5.41, 5.74) is 9.54. The largest absolute Gasteiger partial charge is 0.362 e. The van der Waals surface area contributed by atoms with Crippen molar-refractivity contribution in [2.45, 2.75) is 109 Å². The molecule has 0 aliphatic carbocycles. The van der Waals surface area contributed by atoms with E-state index in [0.29, 0.717) is 0 Å². The van der Waals surface area contributed by atoms with Crippen molar-refractivity contribution < 1.29 is 0 Å². The van der Waals surface area contributed by atoms with E-state index in [1.54, 1.807) is 12.4 Å². The summed E-state index contributed by atoms with van der Waals surface area (Å²) in [7, 11) is 0. The van der Waals surface area contributed by atoms with Crippen LogP contribution in [0.1, 0.15) is 110 Å². The maximum Gasteiger partial charge on any atom is 0.152 e. The third-order valence-electron chi connectivity index (χ3n) is 5.70. The Bertz CT molecular complexity index is 818. The fourth-order valence-electron chi connectivity index (χ4n) is 4.01. The van der Waals surface area contributed by atoms with E-state index < -0.39 is 0 Å². The van der Waals surface area contributed by atoms with Crippen molar-refractivity contribution in [2.24, 2.45) is 0 Å². The Hall–Kier alpha value is -2.16. The molecule has 0 N–H and O–H groups in total. The molecular formula is C29H51N3. The van der Waals surface area contributed by atoms with Gasteiger partial charge in [-0.15, -0.1) is 0 Å². The predicted octanol–water partition coefficient (Wildman–Crippen LogP) is 8.97. The average molecular weight is 442 g/mol. The summed E-state index contributed by atoms with van der Waals surface area (Å²) in [6.07, 6.45) is 5.77. The lowest BCUT2D eigenvalue weighted by molar-refractivity contribution is 0.608. The fourth-order valence-corrected chi connectivity index (χ4v) is 4.01. The minimum atomic E-state index is -0.0773. The van der Waals surface area contributed by atoms with Crippen LogP contribution in [0.15, 0.2) is 18.5 Å². The standard InChI is InChI=1S/C21H27N3.4C2H6/c1-8-24-20-16(5)14(3)13(2)15(4)19(20)17(21(24,6)7)12-18-22-10-9-11-23-18;4*1-2/h9-12H,8H2,1-7H3;4*1-2H3/b17-12+;;;;. The van der Waals surface area contributed by atoms with Crippen LogP contribution in [0.25, 0.3) is 11.6 Å². The Morgan fingerprint density at radius 3 is 1.62 bits per heavy atom. The first-order valence-corrected chi connectivity index (χ1v) is 12.7. The zero-order valence-electron chi connectivity index (χ0n) is 23.9. The summed E-state index contributed by atoms with van der Waals surface area (Å²) < 4.78 is 0. The van der Waals surface area contributed by atoms with Crippen LogP contribution in [0, 0.1) is 27.7 Å². The van der Waals surface area contributed by atoms with E-state index in [0.717, 1.165) is 12.4 Å². The van der Waals surface area contributed by atoms with Crippen LogP contribution >= 0.6 is 0 Å². The smallest absolute Gasteiger partial charge is 0.152 e. The quantitative estimate of drug-likeness (QED) is 0.465. The van der Waals surface area contributed by atoms with Crippen molar-refractivity contribution >= 4 is 17.3 Å². The van der Waals surface area contributed by atoms with Gasteiger partial charge in [0.05, 0.1) is 5.54 Å². The van der Waals surface area contributed by atoms with Crippen LogP contribution in [0.3, 0.4) is 0 Å². The second-order valence-electron chi connectivity index (χ2n) is 7.19. The first-order valence-electron chi connectivity index (χ1n) is 12.7. The number of hydrogen-bond acceptors (Lipinski definition) is 3. The van der Waals surface area contributed by atoms with Crippen molar-refractivity contribution in [3.63, 3.8) is 0 Å². The van der Waals surface area contributed by atoms with Gasteiger partial charge in [-0.2, -0.15) is 0 Å². The molecule has 0 fully saturated rings. The fraction of sp³-hybridized carbons (Fsp3) is 0.586. The van der Waals surface area contributed by atoms with Gasteiger partial charge in [0.1, 0.15) is 0 Å². The molecule has 0 radical (unpaired) electrons. The van der Waals surface area contributed by atoms with Crippen molar-refractivity contribution in [1.82, 2.24) is 9.97 Å². The lowest BCUT2D eigenvalue weighted by Gasteiger charge is -2.35. The molecule has 2 aromatic rings.